The minimum atomic E-state index is -0.485. The van der Waals surface area contributed by atoms with Crippen LogP contribution in [0, 0.1) is 5.92 Å². The fraction of sp³-hybridized carbons (Fsp3) is 0.600. The standard InChI is InChI=1S/C20H30N2O4/c1-14(2)19(20(24)22-10-6-5-7-11-22)21-18(23)13-15-8-9-16(25-3)17(12-15)26-4/h8-9,12,14,19H,5-7,10-11,13H2,1-4H3,(H,21,23)/t19-/m1/s1. The highest BCUT2D eigenvalue weighted by atomic mass is 16.5. The Balaban J connectivity index is 2.02. The van der Waals surface area contributed by atoms with Crippen LogP contribution in [0.3, 0.4) is 0 Å². The van der Waals surface area contributed by atoms with E-state index in [1.165, 1.54) is 6.42 Å². The molecule has 0 saturated carbocycles. The maximum absolute atomic E-state index is 12.8. The Hall–Kier alpha value is -2.24. The zero-order valence-electron chi connectivity index (χ0n) is 16.2. The molecule has 144 valence electrons. The number of methoxy groups -OCH3 is 2. The molecule has 2 amide bonds. The van der Waals surface area contributed by atoms with E-state index in [9.17, 15) is 9.59 Å². The van der Waals surface area contributed by atoms with Gasteiger partial charge in [-0.25, -0.2) is 0 Å². The molecule has 0 unspecified atom stereocenters. The van der Waals surface area contributed by atoms with Gasteiger partial charge in [0.15, 0.2) is 11.5 Å². The lowest BCUT2D eigenvalue weighted by atomic mass is 10.0. The summed E-state index contributed by atoms with van der Waals surface area (Å²) in [4.78, 5) is 27.2. The van der Waals surface area contributed by atoms with Crippen LogP contribution in [-0.2, 0) is 16.0 Å². The quantitative estimate of drug-likeness (QED) is 0.809. The molecule has 1 aromatic rings. The molecule has 0 radical (unpaired) electrons. The fourth-order valence-electron chi connectivity index (χ4n) is 3.23. The minimum absolute atomic E-state index is 0.0281. The van der Waals surface area contributed by atoms with Crippen molar-refractivity contribution in [3.8, 4) is 11.5 Å². The number of carbonyl (C=O) groups excluding carboxylic acids is 2. The number of amides is 2. The van der Waals surface area contributed by atoms with E-state index in [-0.39, 0.29) is 24.2 Å². The number of benzene rings is 1. The number of nitrogens with one attached hydrogen (secondary N) is 1. The predicted molar refractivity (Wildman–Crippen MR) is 100 cm³/mol. The first kappa shape index (κ1) is 20.1. The van der Waals surface area contributed by atoms with Gasteiger partial charge in [-0.2, -0.15) is 0 Å². The van der Waals surface area contributed by atoms with E-state index >= 15 is 0 Å². The van der Waals surface area contributed by atoms with Crippen LogP contribution in [-0.4, -0.2) is 50.1 Å². The van der Waals surface area contributed by atoms with Crippen molar-refractivity contribution >= 4 is 11.8 Å². The van der Waals surface area contributed by atoms with Gasteiger partial charge in [-0.05, 0) is 42.9 Å². The first-order chi connectivity index (χ1) is 12.5. The molecule has 1 fully saturated rings. The third-order valence-electron chi connectivity index (χ3n) is 4.73. The van der Waals surface area contributed by atoms with Gasteiger partial charge < -0.3 is 19.7 Å². The van der Waals surface area contributed by atoms with E-state index in [4.69, 9.17) is 9.47 Å². The zero-order chi connectivity index (χ0) is 19.1. The lowest BCUT2D eigenvalue weighted by molar-refractivity contribution is -0.138. The second-order valence-electron chi connectivity index (χ2n) is 7.04. The summed E-state index contributed by atoms with van der Waals surface area (Å²) in [5, 5.41) is 2.93. The molecule has 1 aromatic carbocycles. The van der Waals surface area contributed by atoms with Gasteiger partial charge in [-0.3, -0.25) is 9.59 Å². The fourth-order valence-corrected chi connectivity index (χ4v) is 3.23. The van der Waals surface area contributed by atoms with Gasteiger partial charge in [0.1, 0.15) is 6.04 Å². The van der Waals surface area contributed by atoms with Crippen LogP contribution >= 0.6 is 0 Å². The minimum Gasteiger partial charge on any atom is -0.493 e. The van der Waals surface area contributed by atoms with Crippen molar-refractivity contribution in [2.45, 2.75) is 45.6 Å². The summed E-state index contributed by atoms with van der Waals surface area (Å²) in [6, 6.07) is 4.91. The molecule has 0 aromatic heterocycles. The molecular formula is C20H30N2O4. The highest BCUT2D eigenvalue weighted by molar-refractivity contribution is 5.88. The molecule has 1 aliphatic heterocycles. The van der Waals surface area contributed by atoms with Gasteiger partial charge in [0.25, 0.3) is 0 Å². The number of nitrogens with zero attached hydrogens (tertiary/aromatic N) is 1. The van der Waals surface area contributed by atoms with Gasteiger partial charge in [0, 0.05) is 13.1 Å². The summed E-state index contributed by atoms with van der Waals surface area (Å²) >= 11 is 0. The van der Waals surface area contributed by atoms with Crippen molar-refractivity contribution in [1.82, 2.24) is 10.2 Å². The van der Waals surface area contributed by atoms with E-state index in [1.54, 1.807) is 26.4 Å². The average Bonchev–Trinajstić information content (AvgIpc) is 2.65. The Kier molecular flexibility index (Phi) is 7.30. The maximum atomic E-state index is 12.8. The summed E-state index contributed by atoms with van der Waals surface area (Å²) in [6.07, 6.45) is 3.44. The molecule has 0 bridgehead atoms. The normalized spacial score (nSPS) is 15.5. The third kappa shape index (κ3) is 5.13. The molecular weight excluding hydrogens is 332 g/mol. The van der Waals surface area contributed by atoms with Crippen LogP contribution in [0.4, 0.5) is 0 Å². The van der Waals surface area contributed by atoms with Crippen molar-refractivity contribution in [2.75, 3.05) is 27.3 Å². The molecule has 0 spiro atoms. The Bertz CT molecular complexity index is 624. The van der Waals surface area contributed by atoms with E-state index in [0.29, 0.717) is 11.5 Å². The number of hydrogen-bond donors (Lipinski definition) is 1. The molecule has 1 saturated heterocycles. The molecule has 1 atom stereocenters. The van der Waals surface area contributed by atoms with Crippen LogP contribution < -0.4 is 14.8 Å². The van der Waals surface area contributed by atoms with Crippen LogP contribution in [0.25, 0.3) is 0 Å². The summed E-state index contributed by atoms with van der Waals surface area (Å²) in [5.41, 5.74) is 0.813. The SMILES string of the molecule is COc1ccc(CC(=O)N[C@@H](C(=O)N2CCCCC2)C(C)C)cc1OC. The van der Waals surface area contributed by atoms with Gasteiger partial charge >= 0.3 is 0 Å². The number of rotatable bonds is 7. The monoisotopic (exact) mass is 362 g/mol. The van der Waals surface area contributed by atoms with Crippen LogP contribution in [0.5, 0.6) is 11.5 Å². The summed E-state index contributed by atoms with van der Waals surface area (Å²) in [6.45, 7) is 5.49. The predicted octanol–water partition coefficient (Wildman–Crippen LogP) is 2.40. The first-order valence-corrected chi connectivity index (χ1v) is 9.25. The van der Waals surface area contributed by atoms with Gasteiger partial charge in [-0.1, -0.05) is 19.9 Å². The second-order valence-corrected chi connectivity index (χ2v) is 7.04. The van der Waals surface area contributed by atoms with Crippen molar-refractivity contribution < 1.29 is 19.1 Å². The molecule has 0 aliphatic carbocycles. The topological polar surface area (TPSA) is 67.9 Å². The Morgan fingerprint density at radius 3 is 2.31 bits per heavy atom. The Morgan fingerprint density at radius 2 is 1.73 bits per heavy atom. The molecule has 1 N–H and O–H groups in total. The molecule has 1 heterocycles. The van der Waals surface area contributed by atoms with Crippen LogP contribution in [0.2, 0.25) is 0 Å². The maximum Gasteiger partial charge on any atom is 0.245 e. The number of hydrogen-bond acceptors (Lipinski definition) is 4. The van der Waals surface area contributed by atoms with Crippen molar-refractivity contribution in [3.63, 3.8) is 0 Å². The molecule has 1 aliphatic rings. The number of carbonyl (C=O) groups is 2. The highest BCUT2D eigenvalue weighted by Crippen LogP contribution is 2.27. The van der Waals surface area contributed by atoms with Crippen LogP contribution in [0.15, 0.2) is 18.2 Å². The van der Waals surface area contributed by atoms with Crippen molar-refractivity contribution in [2.24, 2.45) is 5.92 Å². The zero-order valence-corrected chi connectivity index (χ0v) is 16.2. The van der Waals surface area contributed by atoms with E-state index in [1.807, 2.05) is 24.8 Å². The van der Waals surface area contributed by atoms with E-state index in [0.717, 1.165) is 31.5 Å². The van der Waals surface area contributed by atoms with E-state index < -0.39 is 6.04 Å². The lowest BCUT2D eigenvalue weighted by Crippen LogP contribution is -2.52. The summed E-state index contributed by atoms with van der Waals surface area (Å²) < 4.78 is 10.5. The van der Waals surface area contributed by atoms with Crippen LogP contribution in [0.1, 0.15) is 38.7 Å². The lowest BCUT2D eigenvalue weighted by Gasteiger charge is -2.32. The summed E-state index contributed by atoms with van der Waals surface area (Å²) in [5.74, 6) is 1.11. The highest BCUT2D eigenvalue weighted by Gasteiger charge is 2.29. The number of ether oxygens (including phenoxy) is 2. The average molecular weight is 362 g/mol. The molecule has 6 heteroatoms. The smallest absolute Gasteiger partial charge is 0.245 e. The second kappa shape index (κ2) is 9.46. The third-order valence-corrected chi connectivity index (χ3v) is 4.73. The largest absolute Gasteiger partial charge is 0.493 e. The van der Waals surface area contributed by atoms with E-state index in [2.05, 4.69) is 5.32 Å². The number of piperidine rings is 1. The number of likely N-dealkylation sites (tertiary alicyclic amines) is 1. The van der Waals surface area contributed by atoms with Crippen molar-refractivity contribution in [1.29, 1.82) is 0 Å². The van der Waals surface area contributed by atoms with Gasteiger partial charge in [0.2, 0.25) is 11.8 Å². The molecule has 26 heavy (non-hydrogen) atoms. The molecule has 6 nitrogen and oxygen atoms in total. The Labute approximate surface area is 155 Å². The Morgan fingerprint density at radius 1 is 1.08 bits per heavy atom. The van der Waals surface area contributed by atoms with Gasteiger partial charge in [0.05, 0.1) is 20.6 Å². The van der Waals surface area contributed by atoms with Crippen molar-refractivity contribution in [3.05, 3.63) is 23.8 Å². The summed E-state index contributed by atoms with van der Waals surface area (Å²) in [7, 11) is 3.14. The molecule has 2 rings (SSSR count). The van der Waals surface area contributed by atoms with Gasteiger partial charge in [-0.15, -0.1) is 0 Å². The first-order valence-electron chi connectivity index (χ1n) is 9.25.